The Balaban J connectivity index is 3.22. The summed E-state index contributed by atoms with van der Waals surface area (Å²) in [5.41, 5.74) is -1.30. The van der Waals surface area contributed by atoms with Crippen molar-refractivity contribution < 1.29 is 22.8 Å². The van der Waals surface area contributed by atoms with Crippen LogP contribution in [-0.2, 0) is 19.4 Å². The molecule has 21 heavy (non-hydrogen) atoms. The highest BCUT2D eigenvalue weighted by Gasteiger charge is 2.53. The SMILES string of the molecule is CCC1(CC)C(=O)NC(=O)N(CC(C)(C)S(C)(=O)=O)C1=O. The molecule has 0 aromatic carbocycles. The van der Waals surface area contributed by atoms with E-state index in [0.717, 1.165) is 11.2 Å². The lowest BCUT2D eigenvalue weighted by molar-refractivity contribution is -0.152. The fraction of sp³-hybridized carbons (Fsp3) is 0.769. The molecule has 0 atom stereocenters. The molecule has 0 saturated carbocycles. The van der Waals surface area contributed by atoms with Gasteiger partial charge in [-0.1, -0.05) is 13.8 Å². The van der Waals surface area contributed by atoms with Gasteiger partial charge in [0.2, 0.25) is 11.8 Å². The second-order valence-corrected chi connectivity index (χ2v) is 8.62. The van der Waals surface area contributed by atoms with Gasteiger partial charge < -0.3 is 0 Å². The van der Waals surface area contributed by atoms with Crippen LogP contribution in [0.2, 0.25) is 0 Å². The zero-order chi connectivity index (χ0) is 16.6. The first-order valence-corrected chi connectivity index (χ1v) is 8.69. The van der Waals surface area contributed by atoms with Crippen LogP contribution >= 0.6 is 0 Å². The van der Waals surface area contributed by atoms with Gasteiger partial charge in [-0.25, -0.2) is 13.2 Å². The fourth-order valence-electron chi connectivity index (χ4n) is 2.25. The molecule has 1 fully saturated rings. The fourth-order valence-corrected chi connectivity index (χ4v) is 2.61. The summed E-state index contributed by atoms with van der Waals surface area (Å²) in [6.07, 6.45) is 1.55. The zero-order valence-electron chi connectivity index (χ0n) is 13.0. The zero-order valence-corrected chi connectivity index (χ0v) is 13.8. The lowest BCUT2D eigenvalue weighted by Crippen LogP contribution is -2.65. The van der Waals surface area contributed by atoms with Gasteiger partial charge >= 0.3 is 6.03 Å². The molecule has 1 N–H and O–H groups in total. The van der Waals surface area contributed by atoms with E-state index in [2.05, 4.69) is 5.32 Å². The molecule has 120 valence electrons. The van der Waals surface area contributed by atoms with Crippen molar-refractivity contribution in [3.05, 3.63) is 0 Å². The predicted molar refractivity (Wildman–Crippen MR) is 77.2 cm³/mol. The number of carbonyl (C=O) groups is 3. The summed E-state index contributed by atoms with van der Waals surface area (Å²) < 4.78 is 22.3. The van der Waals surface area contributed by atoms with E-state index in [4.69, 9.17) is 0 Å². The average molecular weight is 318 g/mol. The van der Waals surface area contributed by atoms with Gasteiger partial charge in [0.05, 0.1) is 4.75 Å². The van der Waals surface area contributed by atoms with Gasteiger partial charge in [0.25, 0.3) is 0 Å². The number of nitrogens with one attached hydrogen (secondary N) is 1. The van der Waals surface area contributed by atoms with Crippen molar-refractivity contribution in [1.29, 1.82) is 0 Å². The molecule has 1 aliphatic rings. The van der Waals surface area contributed by atoms with Gasteiger partial charge in [-0.15, -0.1) is 0 Å². The standard InChI is InChI=1S/C13H22N2O5S/c1-6-13(7-2)9(16)14-11(18)15(10(13)17)8-12(3,4)21(5,19)20/h6-8H2,1-5H3,(H,14,16,18). The van der Waals surface area contributed by atoms with Crippen molar-refractivity contribution in [2.45, 2.75) is 45.3 Å². The molecule has 0 spiro atoms. The van der Waals surface area contributed by atoms with Crippen LogP contribution in [0.1, 0.15) is 40.5 Å². The van der Waals surface area contributed by atoms with Crippen LogP contribution in [0.5, 0.6) is 0 Å². The van der Waals surface area contributed by atoms with E-state index < -0.39 is 37.8 Å². The number of imide groups is 2. The van der Waals surface area contributed by atoms with Crippen molar-refractivity contribution in [3.63, 3.8) is 0 Å². The summed E-state index contributed by atoms with van der Waals surface area (Å²) in [5.74, 6) is -1.24. The van der Waals surface area contributed by atoms with Crippen LogP contribution in [-0.4, -0.2) is 48.7 Å². The third kappa shape index (κ3) is 2.81. The Morgan fingerprint density at radius 3 is 2.00 bits per heavy atom. The van der Waals surface area contributed by atoms with Gasteiger partial charge in [-0.3, -0.25) is 19.8 Å². The second kappa shape index (κ2) is 5.40. The van der Waals surface area contributed by atoms with Gasteiger partial charge in [0.15, 0.2) is 9.84 Å². The Bertz CT molecular complexity index is 575. The molecular weight excluding hydrogens is 296 g/mol. The maximum Gasteiger partial charge on any atom is 0.330 e. The molecule has 0 aromatic heterocycles. The van der Waals surface area contributed by atoms with Crippen molar-refractivity contribution in [2.24, 2.45) is 5.41 Å². The quantitative estimate of drug-likeness (QED) is 0.752. The van der Waals surface area contributed by atoms with E-state index >= 15 is 0 Å². The number of urea groups is 1. The molecule has 4 amide bonds. The maximum atomic E-state index is 12.6. The predicted octanol–water partition coefficient (Wildman–Crippen LogP) is 0.694. The first kappa shape index (κ1) is 17.6. The lowest BCUT2D eigenvalue weighted by Gasteiger charge is -2.40. The Morgan fingerprint density at radius 1 is 1.14 bits per heavy atom. The first-order valence-electron chi connectivity index (χ1n) is 6.80. The number of carbonyl (C=O) groups excluding carboxylic acids is 3. The number of amides is 4. The Hall–Kier alpha value is -1.44. The van der Waals surface area contributed by atoms with Crippen molar-refractivity contribution in [2.75, 3.05) is 12.8 Å². The summed E-state index contributed by atoms with van der Waals surface area (Å²) in [6.45, 7) is 5.98. The minimum Gasteiger partial charge on any atom is -0.277 e. The largest absolute Gasteiger partial charge is 0.330 e. The van der Waals surface area contributed by atoms with Crippen LogP contribution in [0.4, 0.5) is 4.79 Å². The normalized spacial score (nSPS) is 19.7. The number of sulfone groups is 1. The summed E-state index contributed by atoms with van der Waals surface area (Å²) in [6, 6.07) is -0.862. The van der Waals surface area contributed by atoms with Crippen molar-refractivity contribution in [1.82, 2.24) is 10.2 Å². The molecule has 7 nitrogen and oxygen atoms in total. The third-order valence-corrected chi connectivity index (χ3v) is 6.44. The highest BCUT2D eigenvalue weighted by Crippen LogP contribution is 2.33. The molecule has 0 unspecified atom stereocenters. The van der Waals surface area contributed by atoms with Crippen LogP contribution in [0, 0.1) is 5.41 Å². The molecule has 1 rings (SSSR count). The van der Waals surface area contributed by atoms with Gasteiger partial charge in [0.1, 0.15) is 5.41 Å². The third-order valence-electron chi connectivity index (χ3n) is 4.30. The summed E-state index contributed by atoms with van der Waals surface area (Å²) in [4.78, 5) is 37.4. The van der Waals surface area contributed by atoms with Crippen LogP contribution < -0.4 is 5.32 Å². The molecule has 1 saturated heterocycles. The van der Waals surface area contributed by atoms with Gasteiger partial charge in [0, 0.05) is 12.8 Å². The van der Waals surface area contributed by atoms with Gasteiger partial charge in [-0.2, -0.15) is 0 Å². The van der Waals surface area contributed by atoms with Gasteiger partial charge in [-0.05, 0) is 26.7 Å². The Morgan fingerprint density at radius 2 is 1.62 bits per heavy atom. The van der Waals surface area contributed by atoms with Crippen LogP contribution in [0.25, 0.3) is 0 Å². The molecule has 0 radical (unpaired) electrons. The van der Waals surface area contributed by atoms with E-state index in [1.807, 2.05) is 0 Å². The number of hydrogen-bond donors (Lipinski definition) is 1. The smallest absolute Gasteiger partial charge is 0.277 e. The van der Waals surface area contributed by atoms with Crippen molar-refractivity contribution in [3.8, 4) is 0 Å². The molecular formula is C13H22N2O5S. The first-order chi connectivity index (χ1) is 9.43. The highest BCUT2D eigenvalue weighted by molar-refractivity contribution is 7.92. The topological polar surface area (TPSA) is 101 Å². The van der Waals surface area contributed by atoms with E-state index in [-0.39, 0.29) is 19.4 Å². The summed E-state index contributed by atoms with van der Waals surface area (Å²) in [5, 5.41) is 2.16. The maximum absolute atomic E-state index is 12.6. The van der Waals surface area contributed by atoms with E-state index in [0.29, 0.717) is 0 Å². The number of rotatable bonds is 5. The number of barbiturate groups is 1. The number of nitrogens with zero attached hydrogens (tertiary/aromatic N) is 1. The molecule has 0 aromatic rings. The van der Waals surface area contributed by atoms with Crippen LogP contribution in [0.3, 0.4) is 0 Å². The van der Waals surface area contributed by atoms with E-state index in [1.165, 1.54) is 13.8 Å². The Labute approximate surface area is 125 Å². The highest BCUT2D eigenvalue weighted by atomic mass is 32.2. The second-order valence-electron chi connectivity index (χ2n) is 5.97. The van der Waals surface area contributed by atoms with Crippen molar-refractivity contribution >= 4 is 27.7 Å². The molecule has 1 aliphatic heterocycles. The molecule has 0 bridgehead atoms. The van der Waals surface area contributed by atoms with E-state index in [9.17, 15) is 22.8 Å². The summed E-state index contributed by atoms with van der Waals surface area (Å²) >= 11 is 0. The minimum atomic E-state index is -3.47. The molecule has 0 aliphatic carbocycles. The Kier molecular flexibility index (Phi) is 4.53. The lowest BCUT2D eigenvalue weighted by atomic mass is 9.78. The molecule has 8 heteroatoms. The summed E-state index contributed by atoms with van der Waals surface area (Å²) in [7, 11) is -3.47. The number of hydrogen-bond acceptors (Lipinski definition) is 5. The van der Waals surface area contributed by atoms with Crippen LogP contribution in [0.15, 0.2) is 0 Å². The molecule has 1 heterocycles. The van der Waals surface area contributed by atoms with E-state index in [1.54, 1.807) is 13.8 Å². The average Bonchev–Trinajstić information content (AvgIpc) is 2.35. The monoisotopic (exact) mass is 318 g/mol. The minimum absolute atomic E-state index is 0.247.